The van der Waals surface area contributed by atoms with E-state index < -0.39 is 5.92 Å². The molecule has 0 radical (unpaired) electrons. The molecule has 0 bridgehead atoms. The Hall–Kier alpha value is -1.79. The maximum Gasteiger partial charge on any atom is 0.186 e. The van der Waals surface area contributed by atoms with Gasteiger partial charge in [-0.25, -0.2) is 0 Å². The topological polar surface area (TPSA) is 66.7 Å². The lowest BCUT2D eigenvalue weighted by Gasteiger charge is -2.18. The lowest BCUT2D eigenvalue weighted by atomic mass is 9.86. The van der Waals surface area contributed by atoms with Crippen LogP contribution in [0.3, 0.4) is 0 Å². The Bertz CT molecular complexity index is 844. The molecule has 1 saturated heterocycles. The van der Waals surface area contributed by atoms with E-state index >= 15 is 0 Å². The third kappa shape index (κ3) is 3.75. The van der Waals surface area contributed by atoms with Crippen molar-refractivity contribution in [3.8, 4) is 0 Å². The molecule has 0 amide bonds. The third-order valence-corrected chi connectivity index (χ3v) is 6.22. The first kappa shape index (κ1) is 18.0. The molecule has 1 atom stereocenters. The van der Waals surface area contributed by atoms with E-state index in [-0.39, 0.29) is 11.2 Å². The van der Waals surface area contributed by atoms with Crippen molar-refractivity contribution >= 4 is 40.0 Å². The second-order valence-corrected chi connectivity index (χ2v) is 9.21. The van der Waals surface area contributed by atoms with Gasteiger partial charge in [0.05, 0.1) is 9.95 Å². The van der Waals surface area contributed by atoms with Gasteiger partial charge in [0.2, 0.25) is 0 Å². The van der Waals surface area contributed by atoms with Crippen LogP contribution in [0.15, 0.2) is 29.2 Å². The first-order chi connectivity index (χ1) is 11.8. The van der Waals surface area contributed by atoms with Gasteiger partial charge < -0.3 is 0 Å². The molecule has 130 valence electrons. The summed E-state index contributed by atoms with van der Waals surface area (Å²) in [5.41, 5.74) is 2.33. The molecule has 2 heterocycles. The van der Waals surface area contributed by atoms with Gasteiger partial charge in [-0.05, 0) is 29.0 Å². The molecule has 1 aliphatic rings. The van der Waals surface area contributed by atoms with E-state index in [9.17, 15) is 4.79 Å². The number of nitrogens with one attached hydrogen (secondary N) is 1. The number of rotatable bonds is 3. The Morgan fingerprint density at radius 3 is 2.44 bits per heavy atom. The summed E-state index contributed by atoms with van der Waals surface area (Å²) in [6, 6.07) is 8.24. The van der Waals surface area contributed by atoms with Crippen molar-refractivity contribution in [1.82, 2.24) is 10.2 Å². The van der Waals surface area contributed by atoms with Crippen molar-refractivity contribution in [3.05, 3.63) is 50.3 Å². The number of aryl methyl sites for hydroxylation is 1. The minimum Gasteiger partial charge on any atom is -0.297 e. The maximum atomic E-state index is 12.8. The zero-order valence-electron chi connectivity index (χ0n) is 14.8. The number of thioether (sulfide) groups is 1. The molecule has 1 aromatic carbocycles. The number of carbonyl (C=O) groups excluding carboxylic acids is 1. The second kappa shape index (κ2) is 6.84. The molecule has 0 saturated carbocycles. The molecule has 3 rings (SSSR count). The van der Waals surface area contributed by atoms with E-state index in [1.54, 1.807) is 0 Å². The summed E-state index contributed by atoms with van der Waals surface area (Å²) < 4.78 is 0. The third-order valence-electron chi connectivity index (χ3n) is 4.09. The molecular formula is C19H21N3OS2. The molecule has 0 unspecified atom stereocenters. The Kier molecular flexibility index (Phi) is 4.93. The van der Waals surface area contributed by atoms with Crippen LogP contribution < -0.4 is 0 Å². The first-order valence-corrected chi connectivity index (χ1v) is 9.88. The Morgan fingerprint density at radius 1 is 1.20 bits per heavy atom. The summed E-state index contributed by atoms with van der Waals surface area (Å²) in [4.78, 5) is 13.4. The average molecular weight is 372 g/mol. The van der Waals surface area contributed by atoms with Crippen molar-refractivity contribution in [3.63, 3.8) is 0 Å². The fourth-order valence-electron chi connectivity index (χ4n) is 2.57. The van der Waals surface area contributed by atoms with Crippen molar-refractivity contribution in [2.75, 3.05) is 0 Å². The van der Waals surface area contributed by atoms with Gasteiger partial charge in [-0.3, -0.25) is 10.2 Å². The molecule has 0 aliphatic carbocycles. The summed E-state index contributed by atoms with van der Waals surface area (Å²) >= 11 is 2.66. The van der Waals surface area contributed by atoms with E-state index in [0.717, 1.165) is 17.0 Å². The van der Waals surface area contributed by atoms with Gasteiger partial charge in [0.15, 0.2) is 5.78 Å². The fraction of sp³-hybridized carbons (Fsp3) is 0.368. The van der Waals surface area contributed by atoms with E-state index in [1.807, 2.05) is 25.1 Å². The van der Waals surface area contributed by atoms with Crippen LogP contribution in [-0.2, 0) is 16.6 Å². The molecular weight excluding hydrogens is 350 g/mol. The molecule has 2 aromatic rings. The first-order valence-electron chi connectivity index (χ1n) is 8.24. The smallest absolute Gasteiger partial charge is 0.186 e. The molecule has 1 aromatic heterocycles. The monoisotopic (exact) mass is 371 g/mol. The predicted octanol–water partition coefficient (Wildman–Crippen LogP) is 4.82. The lowest BCUT2D eigenvalue weighted by Crippen LogP contribution is -2.11. The molecule has 0 spiro atoms. The standard InChI is InChI=1S/C19H21N3OS2/c1-5-14-21-22-18(25-14)15-16(23)13(24-17(15)20)10-11-6-8-12(9-7-11)19(2,3)4/h6-10,15,20H,5H2,1-4H3/b13-10-,20-17?/t15-/m1/s1. The summed E-state index contributed by atoms with van der Waals surface area (Å²) in [6.45, 7) is 8.54. The van der Waals surface area contributed by atoms with Crippen LogP contribution in [0, 0.1) is 5.41 Å². The summed E-state index contributed by atoms with van der Waals surface area (Å²) in [5.74, 6) is -0.628. The number of nitrogens with zero attached hydrogens (tertiary/aromatic N) is 2. The Balaban J connectivity index is 1.85. The minimum absolute atomic E-state index is 0.0475. The highest BCUT2D eigenvalue weighted by Gasteiger charge is 2.39. The van der Waals surface area contributed by atoms with Crippen LogP contribution in [0.5, 0.6) is 0 Å². The van der Waals surface area contributed by atoms with Crippen molar-refractivity contribution in [2.45, 2.75) is 45.4 Å². The zero-order chi connectivity index (χ0) is 18.2. The zero-order valence-corrected chi connectivity index (χ0v) is 16.4. The highest BCUT2D eigenvalue weighted by Crippen LogP contribution is 2.41. The number of benzene rings is 1. The summed E-state index contributed by atoms with van der Waals surface area (Å²) in [5, 5.41) is 18.3. The molecule has 6 heteroatoms. The summed E-state index contributed by atoms with van der Waals surface area (Å²) in [6.07, 6.45) is 2.66. The largest absolute Gasteiger partial charge is 0.297 e. The number of Topliss-reactive ketones (excluding diaryl/α,β-unsaturated/α-hetero) is 1. The molecule has 1 aliphatic heterocycles. The van der Waals surface area contributed by atoms with Crippen LogP contribution >= 0.6 is 23.1 Å². The van der Waals surface area contributed by atoms with Crippen LogP contribution in [0.2, 0.25) is 0 Å². The van der Waals surface area contributed by atoms with Gasteiger partial charge in [0.25, 0.3) is 0 Å². The van der Waals surface area contributed by atoms with Crippen LogP contribution in [0.4, 0.5) is 0 Å². The number of hydrogen-bond acceptors (Lipinski definition) is 6. The maximum absolute atomic E-state index is 12.8. The van der Waals surface area contributed by atoms with E-state index in [0.29, 0.717) is 15.0 Å². The molecule has 1 N–H and O–H groups in total. The van der Waals surface area contributed by atoms with Crippen LogP contribution in [0.25, 0.3) is 6.08 Å². The quantitative estimate of drug-likeness (QED) is 0.786. The van der Waals surface area contributed by atoms with Gasteiger partial charge in [0.1, 0.15) is 15.9 Å². The highest BCUT2D eigenvalue weighted by molar-refractivity contribution is 8.19. The van der Waals surface area contributed by atoms with Gasteiger partial charge in [-0.15, -0.1) is 21.5 Å². The SMILES string of the molecule is CCc1nnc([C@H]2C(=N)S/C(=C\c3ccc(C(C)(C)C)cc3)C2=O)s1. The summed E-state index contributed by atoms with van der Waals surface area (Å²) in [7, 11) is 0. The van der Waals surface area contributed by atoms with E-state index in [4.69, 9.17) is 5.41 Å². The van der Waals surface area contributed by atoms with Gasteiger partial charge in [0, 0.05) is 0 Å². The number of hydrogen-bond donors (Lipinski definition) is 1. The Labute approximate surface area is 156 Å². The van der Waals surface area contributed by atoms with E-state index in [2.05, 4.69) is 43.1 Å². The van der Waals surface area contributed by atoms with Crippen LogP contribution in [-0.4, -0.2) is 21.0 Å². The molecule has 4 nitrogen and oxygen atoms in total. The van der Waals surface area contributed by atoms with Gasteiger partial charge in [-0.1, -0.05) is 63.7 Å². The number of carbonyl (C=O) groups is 1. The average Bonchev–Trinajstić information content (AvgIpc) is 3.12. The van der Waals surface area contributed by atoms with E-state index in [1.165, 1.54) is 28.7 Å². The highest BCUT2D eigenvalue weighted by atomic mass is 32.2. The predicted molar refractivity (Wildman–Crippen MR) is 105 cm³/mol. The lowest BCUT2D eigenvalue weighted by molar-refractivity contribution is -0.114. The van der Waals surface area contributed by atoms with Gasteiger partial charge in [-0.2, -0.15) is 0 Å². The number of aromatic nitrogens is 2. The normalized spacial score (nSPS) is 19.8. The minimum atomic E-state index is -0.581. The van der Waals surface area contributed by atoms with Crippen molar-refractivity contribution < 1.29 is 4.79 Å². The fourth-order valence-corrected chi connectivity index (χ4v) is 4.52. The second-order valence-electron chi connectivity index (χ2n) is 7.03. The molecule has 1 fully saturated rings. The van der Waals surface area contributed by atoms with Gasteiger partial charge >= 0.3 is 0 Å². The van der Waals surface area contributed by atoms with Crippen molar-refractivity contribution in [1.29, 1.82) is 5.41 Å². The number of allylic oxidation sites excluding steroid dienone is 1. The molecule has 25 heavy (non-hydrogen) atoms. The number of ketones is 1. The Morgan fingerprint density at radius 2 is 1.88 bits per heavy atom. The van der Waals surface area contributed by atoms with Crippen molar-refractivity contribution in [2.24, 2.45) is 0 Å². The van der Waals surface area contributed by atoms with Crippen LogP contribution in [0.1, 0.15) is 54.8 Å².